The van der Waals surface area contributed by atoms with E-state index in [1.165, 1.54) is 24.0 Å². The first-order valence-corrected chi connectivity index (χ1v) is 6.14. The molecular weight excluding hydrogens is 240 g/mol. The number of carbonyl (C=O) groups is 2. The molecule has 6 heteroatoms. The third-order valence-electron chi connectivity index (χ3n) is 2.06. The predicted octanol–water partition coefficient (Wildman–Crippen LogP) is 1.40. The molecule has 0 unspecified atom stereocenters. The fourth-order valence-corrected chi connectivity index (χ4v) is 1.92. The molecule has 0 aliphatic carbocycles. The molecule has 92 valence electrons. The molecule has 0 aromatic carbocycles. The fraction of sp³-hybridized carbons (Fsp3) is 0.364. The summed E-state index contributed by atoms with van der Waals surface area (Å²) in [4.78, 5) is 25.5. The number of aromatic carboxylic acids is 1. The van der Waals surface area contributed by atoms with Crippen LogP contribution in [0, 0.1) is 0 Å². The topological polar surface area (TPSA) is 79.3 Å². The largest absolute Gasteiger partial charge is 0.478 e. The highest BCUT2D eigenvalue weighted by atomic mass is 32.2. The minimum absolute atomic E-state index is 0.0276. The van der Waals surface area contributed by atoms with Crippen LogP contribution in [-0.2, 0) is 4.79 Å². The van der Waals surface area contributed by atoms with Crippen LogP contribution in [0.2, 0.25) is 0 Å². The van der Waals surface area contributed by atoms with Crippen molar-refractivity contribution in [1.29, 1.82) is 0 Å². The van der Waals surface area contributed by atoms with E-state index in [4.69, 9.17) is 5.11 Å². The number of rotatable bonds is 6. The number of hydrogen-bond acceptors (Lipinski definition) is 4. The highest BCUT2D eigenvalue weighted by Gasteiger charge is 2.03. The van der Waals surface area contributed by atoms with Crippen LogP contribution in [0.15, 0.2) is 23.4 Å². The standard InChI is InChI=1S/C11H14N2O3S/c1-12-9(14)3-2-6-17-10-5-4-8(7-13-10)11(15)16/h4-5,7H,2-3,6H2,1H3,(H,12,14)(H,15,16). The minimum Gasteiger partial charge on any atom is -0.478 e. The Morgan fingerprint density at radius 2 is 2.24 bits per heavy atom. The van der Waals surface area contributed by atoms with E-state index in [1.807, 2.05) is 0 Å². The predicted molar refractivity (Wildman–Crippen MR) is 65.2 cm³/mol. The van der Waals surface area contributed by atoms with Gasteiger partial charge >= 0.3 is 5.97 Å². The molecule has 0 aliphatic heterocycles. The summed E-state index contributed by atoms with van der Waals surface area (Å²) in [6.07, 6.45) is 2.60. The van der Waals surface area contributed by atoms with Crippen LogP contribution in [-0.4, -0.2) is 34.8 Å². The second kappa shape index (κ2) is 6.90. The van der Waals surface area contributed by atoms with Crippen molar-refractivity contribution >= 4 is 23.6 Å². The molecule has 17 heavy (non-hydrogen) atoms. The van der Waals surface area contributed by atoms with Gasteiger partial charge in [0.15, 0.2) is 0 Å². The monoisotopic (exact) mass is 254 g/mol. The number of carboxylic acids is 1. The number of amides is 1. The Bertz CT molecular complexity index is 392. The molecule has 1 rings (SSSR count). The van der Waals surface area contributed by atoms with Crippen molar-refractivity contribution < 1.29 is 14.7 Å². The van der Waals surface area contributed by atoms with Crippen LogP contribution in [0.3, 0.4) is 0 Å². The van der Waals surface area contributed by atoms with Crippen LogP contribution in [0.5, 0.6) is 0 Å². The van der Waals surface area contributed by atoms with Crippen LogP contribution >= 0.6 is 11.8 Å². The van der Waals surface area contributed by atoms with Gasteiger partial charge in [0, 0.05) is 19.7 Å². The van der Waals surface area contributed by atoms with E-state index < -0.39 is 5.97 Å². The quantitative estimate of drug-likeness (QED) is 0.592. The molecule has 5 nitrogen and oxygen atoms in total. The van der Waals surface area contributed by atoms with Gasteiger partial charge < -0.3 is 10.4 Å². The summed E-state index contributed by atoms with van der Waals surface area (Å²) in [5.74, 6) is -0.166. The summed E-state index contributed by atoms with van der Waals surface area (Å²) in [5, 5.41) is 12.0. The SMILES string of the molecule is CNC(=O)CCCSc1ccc(C(=O)O)cn1. The highest BCUT2D eigenvalue weighted by Crippen LogP contribution is 2.16. The molecule has 1 aromatic rings. The van der Waals surface area contributed by atoms with Crippen molar-refractivity contribution in [3.05, 3.63) is 23.9 Å². The van der Waals surface area contributed by atoms with Crippen molar-refractivity contribution in [1.82, 2.24) is 10.3 Å². The van der Waals surface area contributed by atoms with E-state index >= 15 is 0 Å². The van der Waals surface area contributed by atoms with Gasteiger partial charge in [0.05, 0.1) is 10.6 Å². The van der Waals surface area contributed by atoms with Gasteiger partial charge in [-0.15, -0.1) is 11.8 Å². The normalized spacial score (nSPS) is 9.94. The van der Waals surface area contributed by atoms with Crippen LogP contribution in [0.4, 0.5) is 0 Å². The van der Waals surface area contributed by atoms with Gasteiger partial charge in [-0.2, -0.15) is 0 Å². The maximum Gasteiger partial charge on any atom is 0.337 e. The lowest BCUT2D eigenvalue weighted by Crippen LogP contribution is -2.17. The zero-order valence-corrected chi connectivity index (χ0v) is 10.3. The lowest BCUT2D eigenvalue weighted by Gasteiger charge is -2.01. The first-order chi connectivity index (χ1) is 8.13. The zero-order chi connectivity index (χ0) is 12.7. The summed E-state index contributed by atoms with van der Waals surface area (Å²) < 4.78 is 0. The Labute approximate surface area is 104 Å². The number of aromatic nitrogens is 1. The first kappa shape index (κ1) is 13.5. The fourth-order valence-electron chi connectivity index (χ4n) is 1.13. The molecule has 0 saturated heterocycles. The van der Waals surface area contributed by atoms with Crippen molar-refractivity contribution in [2.75, 3.05) is 12.8 Å². The van der Waals surface area contributed by atoms with Gasteiger partial charge in [0.2, 0.25) is 5.91 Å². The summed E-state index contributed by atoms with van der Waals surface area (Å²) in [7, 11) is 1.61. The summed E-state index contributed by atoms with van der Waals surface area (Å²) in [6, 6.07) is 3.20. The molecule has 0 bridgehead atoms. The molecule has 1 heterocycles. The Morgan fingerprint density at radius 1 is 1.47 bits per heavy atom. The number of nitrogens with zero attached hydrogens (tertiary/aromatic N) is 1. The molecular formula is C11H14N2O3S. The van der Waals surface area contributed by atoms with Gasteiger partial charge in [-0.25, -0.2) is 9.78 Å². The Hall–Kier alpha value is -1.56. The van der Waals surface area contributed by atoms with Crippen LogP contribution in [0.25, 0.3) is 0 Å². The third-order valence-corrected chi connectivity index (χ3v) is 3.09. The number of carbonyl (C=O) groups excluding carboxylic acids is 1. The smallest absolute Gasteiger partial charge is 0.337 e. The molecule has 1 aromatic heterocycles. The molecule has 1 amide bonds. The Balaban J connectivity index is 2.32. The van der Waals surface area contributed by atoms with Crippen LogP contribution < -0.4 is 5.32 Å². The highest BCUT2D eigenvalue weighted by molar-refractivity contribution is 7.99. The second-order valence-electron chi connectivity index (χ2n) is 3.32. The average Bonchev–Trinajstić information content (AvgIpc) is 2.34. The van der Waals surface area contributed by atoms with Gasteiger partial charge in [-0.1, -0.05) is 0 Å². The maximum absolute atomic E-state index is 10.9. The molecule has 0 atom stereocenters. The second-order valence-corrected chi connectivity index (χ2v) is 4.43. The van der Waals surface area contributed by atoms with Gasteiger partial charge in [0.1, 0.15) is 0 Å². The molecule has 2 N–H and O–H groups in total. The number of pyridine rings is 1. The number of carboxylic acid groups (broad SMARTS) is 1. The molecule has 0 saturated carbocycles. The Morgan fingerprint density at radius 3 is 2.76 bits per heavy atom. The molecule has 0 radical (unpaired) electrons. The number of hydrogen-bond donors (Lipinski definition) is 2. The zero-order valence-electron chi connectivity index (χ0n) is 9.47. The molecule has 0 spiro atoms. The number of nitrogens with one attached hydrogen (secondary N) is 1. The van der Waals surface area contributed by atoms with Crippen molar-refractivity contribution in [2.45, 2.75) is 17.9 Å². The number of thioether (sulfide) groups is 1. The van der Waals surface area contributed by atoms with E-state index in [9.17, 15) is 9.59 Å². The van der Waals surface area contributed by atoms with Crippen molar-refractivity contribution in [3.8, 4) is 0 Å². The van der Waals surface area contributed by atoms with E-state index in [2.05, 4.69) is 10.3 Å². The lowest BCUT2D eigenvalue weighted by atomic mass is 10.3. The van der Waals surface area contributed by atoms with E-state index in [0.29, 0.717) is 6.42 Å². The van der Waals surface area contributed by atoms with E-state index in [-0.39, 0.29) is 11.5 Å². The molecule has 0 fully saturated rings. The summed E-state index contributed by atoms with van der Waals surface area (Å²) in [5.41, 5.74) is 0.180. The van der Waals surface area contributed by atoms with Gasteiger partial charge in [-0.05, 0) is 24.3 Å². The van der Waals surface area contributed by atoms with Gasteiger partial charge in [-0.3, -0.25) is 4.79 Å². The summed E-state index contributed by atoms with van der Waals surface area (Å²) >= 11 is 1.51. The summed E-state index contributed by atoms with van der Waals surface area (Å²) in [6.45, 7) is 0. The Kier molecular flexibility index (Phi) is 5.48. The van der Waals surface area contributed by atoms with Crippen molar-refractivity contribution in [3.63, 3.8) is 0 Å². The minimum atomic E-state index is -0.978. The first-order valence-electron chi connectivity index (χ1n) is 5.16. The van der Waals surface area contributed by atoms with Crippen LogP contribution in [0.1, 0.15) is 23.2 Å². The maximum atomic E-state index is 10.9. The van der Waals surface area contributed by atoms with Crippen molar-refractivity contribution in [2.24, 2.45) is 0 Å². The average molecular weight is 254 g/mol. The van der Waals surface area contributed by atoms with E-state index in [1.54, 1.807) is 13.1 Å². The van der Waals surface area contributed by atoms with Gasteiger partial charge in [0.25, 0.3) is 0 Å². The lowest BCUT2D eigenvalue weighted by molar-refractivity contribution is -0.120. The third kappa shape index (κ3) is 4.86. The molecule has 0 aliphatic rings. The van der Waals surface area contributed by atoms with E-state index in [0.717, 1.165) is 17.2 Å².